The van der Waals surface area contributed by atoms with Gasteiger partial charge in [-0.1, -0.05) is 11.8 Å². The van der Waals surface area contributed by atoms with Gasteiger partial charge in [-0.2, -0.15) is 4.98 Å². The Labute approximate surface area is 132 Å². The predicted octanol–water partition coefficient (Wildman–Crippen LogP) is -1.02. The molecule has 0 spiro atoms. The Hall–Kier alpha value is -1.98. The number of carboxylic acid groups (broad SMARTS) is 1. The van der Waals surface area contributed by atoms with Gasteiger partial charge in [0, 0.05) is 16.7 Å². The minimum absolute atomic E-state index is 0.110. The Bertz CT molecular complexity index is 761. The Kier molecular flexibility index (Phi) is 3.62. The zero-order chi connectivity index (χ0) is 16.0. The van der Waals surface area contributed by atoms with Crippen molar-refractivity contribution < 1.29 is 14.7 Å². The fourth-order valence-electron chi connectivity index (χ4n) is 2.20. The number of H-pyrrole nitrogens is 1. The third kappa shape index (κ3) is 2.36. The van der Waals surface area contributed by atoms with Crippen molar-refractivity contribution in [3.63, 3.8) is 0 Å². The predicted molar refractivity (Wildman–Crippen MR) is 80.9 cm³/mol. The molecule has 11 heteroatoms. The van der Waals surface area contributed by atoms with Gasteiger partial charge in [0.05, 0.1) is 0 Å². The smallest absolute Gasteiger partial charge is 0.353 e. The maximum atomic E-state index is 11.8. The molecule has 1 aromatic rings. The molecule has 0 saturated carbocycles. The lowest BCUT2D eigenvalue weighted by Gasteiger charge is -2.47. The molecular weight excluding hydrogens is 330 g/mol. The number of thioether (sulfide) groups is 2. The van der Waals surface area contributed by atoms with E-state index in [-0.39, 0.29) is 21.9 Å². The van der Waals surface area contributed by atoms with Gasteiger partial charge in [0.25, 0.3) is 0 Å². The number of β-lactam (4-membered cyclic amide) rings is 1. The molecular formula is C11H11N5O4S2. The molecule has 3 rings (SSSR count). The van der Waals surface area contributed by atoms with Crippen molar-refractivity contribution in [1.29, 1.82) is 0 Å². The molecule has 2 aliphatic rings. The summed E-state index contributed by atoms with van der Waals surface area (Å²) in [6, 6.07) is 0.748. The molecule has 0 unspecified atom stereocenters. The van der Waals surface area contributed by atoms with Crippen LogP contribution < -0.4 is 17.2 Å². The number of amides is 1. The molecule has 6 N–H and O–H groups in total. The fourth-order valence-corrected chi connectivity index (χ4v) is 4.63. The van der Waals surface area contributed by atoms with Crippen LogP contribution in [0.4, 0.5) is 5.82 Å². The Morgan fingerprint density at radius 2 is 2.27 bits per heavy atom. The quantitative estimate of drug-likeness (QED) is 0.399. The molecule has 1 fully saturated rings. The van der Waals surface area contributed by atoms with Crippen LogP contribution in [-0.4, -0.2) is 49.0 Å². The van der Waals surface area contributed by atoms with Crippen molar-refractivity contribution in [3.05, 3.63) is 27.2 Å². The van der Waals surface area contributed by atoms with Gasteiger partial charge in [-0.3, -0.25) is 14.7 Å². The highest BCUT2D eigenvalue weighted by molar-refractivity contribution is 8.06. The first-order valence-corrected chi connectivity index (χ1v) is 7.96. The monoisotopic (exact) mass is 341 g/mol. The van der Waals surface area contributed by atoms with Crippen LogP contribution in [0.3, 0.4) is 0 Å². The van der Waals surface area contributed by atoms with Crippen molar-refractivity contribution in [2.45, 2.75) is 16.4 Å². The van der Waals surface area contributed by atoms with Gasteiger partial charge in [-0.15, -0.1) is 11.8 Å². The summed E-state index contributed by atoms with van der Waals surface area (Å²) < 4.78 is 0. The summed E-state index contributed by atoms with van der Waals surface area (Å²) in [5, 5.41) is 9.30. The number of nitrogens with two attached hydrogens (primary N) is 2. The molecule has 9 nitrogen and oxygen atoms in total. The van der Waals surface area contributed by atoms with E-state index in [2.05, 4.69) is 9.97 Å². The second-order valence-corrected chi connectivity index (χ2v) is 6.81. The zero-order valence-electron chi connectivity index (χ0n) is 11.0. The van der Waals surface area contributed by atoms with Gasteiger partial charge < -0.3 is 16.6 Å². The summed E-state index contributed by atoms with van der Waals surface area (Å²) >= 11 is 2.38. The second-order valence-electron chi connectivity index (χ2n) is 4.59. The van der Waals surface area contributed by atoms with E-state index in [0.29, 0.717) is 10.7 Å². The summed E-state index contributed by atoms with van der Waals surface area (Å²) in [6.07, 6.45) is 0. The van der Waals surface area contributed by atoms with E-state index in [1.165, 1.54) is 22.7 Å². The first-order chi connectivity index (χ1) is 10.4. The molecule has 1 amide bonds. The number of hydrogen-bond acceptors (Lipinski definition) is 8. The maximum Gasteiger partial charge on any atom is 0.353 e. The number of carbonyl (C=O) groups excluding carboxylic acids is 1. The number of fused-ring (bicyclic) bond motifs is 1. The highest BCUT2D eigenvalue weighted by Gasteiger charge is 2.51. The van der Waals surface area contributed by atoms with Crippen molar-refractivity contribution >= 4 is 41.2 Å². The normalized spacial score (nSPS) is 24.0. The fraction of sp³-hybridized carbons (Fsp3) is 0.273. The van der Waals surface area contributed by atoms with E-state index in [1.807, 2.05) is 0 Å². The van der Waals surface area contributed by atoms with E-state index in [1.54, 1.807) is 0 Å². The molecule has 1 aromatic heterocycles. The highest BCUT2D eigenvalue weighted by atomic mass is 32.2. The van der Waals surface area contributed by atoms with Crippen LogP contribution >= 0.6 is 23.5 Å². The van der Waals surface area contributed by atoms with E-state index >= 15 is 0 Å². The SMILES string of the molecule is Nc1cc(SC2=C(C(=O)O)N3C(=O)[C@@H](N)[C@H]3SC2)nc(=O)[nH]1. The lowest BCUT2D eigenvalue weighted by atomic mass is 10.1. The van der Waals surface area contributed by atoms with Gasteiger partial charge >= 0.3 is 11.7 Å². The number of anilines is 1. The number of carboxylic acids is 1. The van der Waals surface area contributed by atoms with Crippen molar-refractivity contribution in [2.24, 2.45) is 5.73 Å². The van der Waals surface area contributed by atoms with Crippen LogP contribution in [0, 0.1) is 0 Å². The second kappa shape index (κ2) is 5.34. The van der Waals surface area contributed by atoms with Gasteiger partial charge in [0.15, 0.2) is 0 Å². The summed E-state index contributed by atoms with van der Waals surface area (Å²) in [5.74, 6) is -1.15. The zero-order valence-corrected chi connectivity index (χ0v) is 12.6. The number of aromatic nitrogens is 2. The molecule has 0 aliphatic carbocycles. The Morgan fingerprint density at radius 3 is 2.91 bits per heavy atom. The van der Waals surface area contributed by atoms with Gasteiger partial charge in [0.1, 0.15) is 28.0 Å². The number of nitrogens with zero attached hydrogens (tertiary/aromatic N) is 2. The van der Waals surface area contributed by atoms with Gasteiger partial charge in [-0.05, 0) is 0 Å². The number of nitrogen functional groups attached to an aromatic ring is 1. The number of hydrogen-bond donors (Lipinski definition) is 4. The van der Waals surface area contributed by atoms with E-state index in [4.69, 9.17) is 11.5 Å². The Morgan fingerprint density at radius 1 is 1.55 bits per heavy atom. The minimum atomic E-state index is -1.22. The third-order valence-corrected chi connectivity index (χ3v) is 5.63. The van der Waals surface area contributed by atoms with Crippen LogP contribution in [0.15, 0.2) is 26.5 Å². The lowest BCUT2D eigenvalue weighted by Crippen LogP contribution is -2.68. The van der Waals surface area contributed by atoms with Crippen LogP contribution in [0.25, 0.3) is 0 Å². The van der Waals surface area contributed by atoms with Gasteiger partial charge in [0.2, 0.25) is 5.91 Å². The van der Waals surface area contributed by atoms with E-state index in [9.17, 15) is 19.5 Å². The average Bonchev–Trinajstić information content (AvgIpc) is 2.44. The van der Waals surface area contributed by atoms with Gasteiger partial charge in [-0.25, -0.2) is 9.59 Å². The maximum absolute atomic E-state index is 11.8. The van der Waals surface area contributed by atoms with Crippen LogP contribution in [0.1, 0.15) is 0 Å². The molecule has 2 aliphatic heterocycles. The van der Waals surface area contributed by atoms with Crippen molar-refractivity contribution in [1.82, 2.24) is 14.9 Å². The molecule has 0 bridgehead atoms. The molecule has 3 heterocycles. The largest absolute Gasteiger partial charge is 0.477 e. The Balaban J connectivity index is 1.98. The lowest BCUT2D eigenvalue weighted by molar-refractivity contribution is -0.147. The van der Waals surface area contributed by atoms with Crippen LogP contribution in [-0.2, 0) is 9.59 Å². The summed E-state index contributed by atoms with van der Waals surface area (Å²) in [7, 11) is 0. The average molecular weight is 341 g/mol. The first-order valence-electron chi connectivity index (χ1n) is 6.10. The molecule has 22 heavy (non-hydrogen) atoms. The highest BCUT2D eigenvalue weighted by Crippen LogP contribution is 2.44. The number of rotatable bonds is 3. The summed E-state index contributed by atoms with van der Waals surface area (Å²) in [6.45, 7) is 0. The van der Waals surface area contributed by atoms with Crippen LogP contribution in [0.2, 0.25) is 0 Å². The molecule has 0 aromatic carbocycles. The third-order valence-electron chi connectivity index (χ3n) is 3.15. The van der Waals surface area contributed by atoms with Crippen molar-refractivity contribution in [3.8, 4) is 0 Å². The molecule has 2 atom stereocenters. The van der Waals surface area contributed by atoms with E-state index < -0.39 is 23.6 Å². The van der Waals surface area contributed by atoms with Crippen molar-refractivity contribution in [2.75, 3.05) is 11.5 Å². The summed E-state index contributed by atoms with van der Waals surface area (Å²) in [4.78, 5) is 42.3. The van der Waals surface area contributed by atoms with Crippen LogP contribution in [0.5, 0.6) is 0 Å². The first kappa shape index (κ1) is 14.9. The molecule has 1 saturated heterocycles. The minimum Gasteiger partial charge on any atom is -0.477 e. The van der Waals surface area contributed by atoms with E-state index in [0.717, 1.165) is 11.8 Å². The number of aromatic amines is 1. The standard InChI is InChI=1S/C11H11N5O4S2/c12-4-1-5(15-11(20)14-4)22-3-2-21-9-6(13)8(17)16(9)7(3)10(18)19/h1,6,9H,2,13H2,(H,18,19)(H3,12,14,15,20)/t6-,9-/m1/s1. The topological polar surface area (TPSA) is 155 Å². The number of aliphatic carboxylic acids is 1. The summed E-state index contributed by atoms with van der Waals surface area (Å²) in [5.41, 5.74) is 10.5. The number of nitrogens with one attached hydrogen (secondary N) is 1. The number of carbonyl (C=O) groups is 2. The molecule has 116 valence electrons. The molecule has 0 radical (unpaired) electrons.